The third-order valence-corrected chi connectivity index (χ3v) is 4.25. The van der Waals surface area contributed by atoms with Gasteiger partial charge in [0.15, 0.2) is 11.5 Å². The second-order valence-electron chi connectivity index (χ2n) is 6.18. The number of amides is 1. The summed E-state index contributed by atoms with van der Waals surface area (Å²) >= 11 is 0. The number of hydrogen-bond acceptors (Lipinski definition) is 5. The van der Waals surface area contributed by atoms with Gasteiger partial charge in [0.2, 0.25) is 0 Å². The van der Waals surface area contributed by atoms with Crippen molar-refractivity contribution in [3.8, 4) is 11.4 Å². The number of nitrogens with two attached hydrogens (primary N) is 1. The van der Waals surface area contributed by atoms with Gasteiger partial charge in [-0.2, -0.15) is 4.68 Å². The molecule has 3 N–H and O–H groups in total. The van der Waals surface area contributed by atoms with Crippen molar-refractivity contribution in [3.63, 3.8) is 0 Å². The predicted octanol–water partition coefficient (Wildman–Crippen LogP) is 2.78. The van der Waals surface area contributed by atoms with Crippen LogP contribution in [0, 0.1) is 0 Å². The van der Waals surface area contributed by atoms with E-state index in [0.717, 1.165) is 11.3 Å². The van der Waals surface area contributed by atoms with Gasteiger partial charge in [0, 0.05) is 6.54 Å². The number of hydrogen-bond donors (Lipinski definition) is 2. The van der Waals surface area contributed by atoms with Crippen LogP contribution < -0.4 is 15.8 Å². The van der Waals surface area contributed by atoms with Crippen LogP contribution in [0.4, 0.5) is 5.82 Å². The maximum atomic E-state index is 12.5. The molecular weight excluding hydrogens is 342 g/mol. The lowest BCUT2D eigenvalue weighted by Gasteiger charge is -2.12. The smallest absolute Gasteiger partial charge is 0.275 e. The molecule has 1 aromatic heterocycles. The average molecular weight is 365 g/mol. The van der Waals surface area contributed by atoms with Crippen LogP contribution in [-0.4, -0.2) is 34.1 Å². The third-order valence-electron chi connectivity index (χ3n) is 4.25. The average Bonchev–Trinajstić information content (AvgIpc) is 3.09. The summed E-state index contributed by atoms with van der Waals surface area (Å²) in [7, 11) is 0. The van der Waals surface area contributed by atoms with E-state index in [1.165, 1.54) is 4.68 Å². The number of nitrogens with zero attached hydrogens (tertiary/aromatic N) is 3. The van der Waals surface area contributed by atoms with Crippen LogP contribution >= 0.6 is 0 Å². The minimum atomic E-state index is -0.340. The van der Waals surface area contributed by atoms with Crippen molar-refractivity contribution in [3.05, 3.63) is 65.9 Å². The second kappa shape index (κ2) is 8.35. The summed E-state index contributed by atoms with van der Waals surface area (Å²) < 4.78 is 6.86. The summed E-state index contributed by atoms with van der Waals surface area (Å²) in [6.45, 7) is 5.05. The maximum absolute atomic E-state index is 12.5. The first-order valence-electron chi connectivity index (χ1n) is 8.87. The molecule has 0 spiro atoms. The molecule has 1 atom stereocenters. The van der Waals surface area contributed by atoms with Crippen molar-refractivity contribution in [2.24, 2.45) is 0 Å². The van der Waals surface area contributed by atoms with Crippen molar-refractivity contribution in [1.82, 2.24) is 20.3 Å². The van der Waals surface area contributed by atoms with Gasteiger partial charge < -0.3 is 15.8 Å². The number of carbonyl (C=O) groups is 1. The van der Waals surface area contributed by atoms with Gasteiger partial charge in [0.25, 0.3) is 5.91 Å². The van der Waals surface area contributed by atoms with Crippen LogP contribution in [0.2, 0.25) is 0 Å². The highest BCUT2D eigenvalue weighted by Gasteiger charge is 2.19. The van der Waals surface area contributed by atoms with E-state index >= 15 is 0 Å². The number of nitrogen functional groups attached to an aromatic ring is 1. The minimum Gasteiger partial charge on any atom is -0.494 e. The normalized spacial score (nSPS) is 11.8. The largest absolute Gasteiger partial charge is 0.494 e. The van der Waals surface area contributed by atoms with Crippen LogP contribution in [0.5, 0.6) is 5.75 Å². The zero-order valence-electron chi connectivity index (χ0n) is 15.4. The molecule has 0 aliphatic heterocycles. The standard InChI is InChI=1S/C20H23N5O2/c1-3-27-17-11-9-16(10-12-17)25-19(21)18(23-24-25)20(26)22-13-14(2)15-7-5-4-6-8-15/h4-12,14H,3,13,21H2,1-2H3,(H,22,26). The lowest BCUT2D eigenvalue weighted by Crippen LogP contribution is -2.28. The highest BCUT2D eigenvalue weighted by molar-refractivity contribution is 5.96. The molecule has 2 aromatic carbocycles. The van der Waals surface area contributed by atoms with E-state index in [-0.39, 0.29) is 23.3 Å². The number of nitrogens with one attached hydrogen (secondary N) is 1. The SMILES string of the molecule is CCOc1ccc(-n2nnc(C(=O)NCC(C)c3ccccc3)c2N)cc1. The molecule has 0 radical (unpaired) electrons. The predicted molar refractivity (Wildman–Crippen MR) is 104 cm³/mol. The molecule has 0 aliphatic carbocycles. The van der Waals surface area contributed by atoms with Crippen molar-refractivity contribution in [2.75, 3.05) is 18.9 Å². The second-order valence-corrected chi connectivity index (χ2v) is 6.18. The van der Waals surface area contributed by atoms with Crippen LogP contribution in [0.25, 0.3) is 5.69 Å². The van der Waals surface area contributed by atoms with E-state index in [0.29, 0.717) is 18.8 Å². The van der Waals surface area contributed by atoms with E-state index in [1.807, 2.05) is 61.5 Å². The number of carbonyl (C=O) groups excluding carboxylic acids is 1. The summed E-state index contributed by atoms with van der Waals surface area (Å²) in [6.07, 6.45) is 0. The monoisotopic (exact) mass is 365 g/mol. The van der Waals surface area contributed by atoms with E-state index in [1.54, 1.807) is 0 Å². The number of anilines is 1. The van der Waals surface area contributed by atoms with Gasteiger partial charge in [-0.3, -0.25) is 4.79 Å². The summed E-state index contributed by atoms with van der Waals surface area (Å²) in [4.78, 5) is 12.5. The maximum Gasteiger partial charge on any atom is 0.275 e. The summed E-state index contributed by atoms with van der Waals surface area (Å²) in [5.74, 6) is 0.793. The summed E-state index contributed by atoms with van der Waals surface area (Å²) in [5, 5.41) is 10.8. The van der Waals surface area contributed by atoms with E-state index < -0.39 is 0 Å². The molecule has 140 valence electrons. The van der Waals surface area contributed by atoms with Crippen molar-refractivity contribution in [2.45, 2.75) is 19.8 Å². The van der Waals surface area contributed by atoms with Gasteiger partial charge in [0.1, 0.15) is 5.75 Å². The van der Waals surface area contributed by atoms with E-state index in [2.05, 4.69) is 22.6 Å². The molecule has 7 nitrogen and oxygen atoms in total. The Bertz CT molecular complexity index is 890. The number of rotatable bonds is 7. The molecule has 0 bridgehead atoms. The molecular formula is C20H23N5O2. The Kier molecular flexibility index (Phi) is 5.71. The molecule has 3 aromatic rings. The molecule has 1 unspecified atom stereocenters. The van der Waals surface area contributed by atoms with Crippen molar-refractivity contribution >= 4 is 11.7 Å². The number of aromatic nitrogens is 3. The molecule has 7 heteroatoms. The van der Waals surface area contributed by atoms with Crippen molar-refractivity contribution < 1.29 is 9.53 Å². The lowest BCUT2D eigenvalue weighted by atomic mass is 10.0. The third kappa shape index (κ3) is 4.25. The zero-order valence-corrected chi connectivity index (χ0v) is 15.4. The van der Waals surface area contributed by atoms with E-state index in [4.69, 9.17) is 10.5 Å². The first-order chi connectivity index (χ1) is 13.1. The fraction of sp³-hybridized carbons (Fsp3) is 0.250. The Balaban J connectivity index is 1.68. The first-order valence-corrected chi connectivity index (χ1v) is 8.87. The molecule has 0 saturated heterocycles. The van der Waals surface area contributed by atoms with Gasteiger partial charge in [0.05, 0.1) is 12.3 Å². The Morgan fingerprint density at radius 1 is 1.19 bits per heavy atom. The Hall–Kier alpha value is -3.35. The molecule has 27 heavy (non-hydrogen) atoms. The highest BCUT2D eigenvalue weighted by Crippen LogP contribution is 2.19. The van der Waals surface area contributed by atoms with Gasteiger partial charge in [-0.05, 0) is 42.7 Å². The van der Waals surface area contributed by atoms with E-state index in [9.17, 15) is 4.79 Å². The van der Waals surface area contributed by atoms with Gasteiger partial charge in [-0.1, -0.05) is 42.5 Å². The van der Waals surface area contributed by atoms with Crippen LogP contribution in [0.3, 0.4) is 0 Å². The lowest BCUT2D eigenvalue weighted by molar-refractivity contribution is 0.0947. The summed E-state index contributed by atoms with van der Waals surface area (Å²) in [6, 6.07) is 17.3. The molecule has 0 saturated carbocycles. The van der Waals surface area contributed by atoms with Crippen LogP contribution in [0.1, 0.15) is 35.8 Å². The zero-order chi connectivity index (χ0) is 19.2. The Labute approximate surface area is 158 Å². The first kappa shape index (κ1) is 18.4. The van der Waals surface area contributed by atoms with Crippen molar-refractivity contribution in [1.29, 1.82) is 0 Å². The van der Waals surface area contributed by atoms with Gasteiger partial charge in [-0.15, -0.1) is 5.10 Å². The Morgan fingerprint density at radius 2 is 1.89 bits per heavy atom. The topological polar surface area (TPSA) is 95.1 Å². The molecule has 1 heterocycles. The fourth-order valence-corrected chi connectivity index (χ4v) is 2.72. The highest BCUT2D eigenvalue weighted by atomic mass is 16.5. The minimum absolute atomic E-state index is 0.115. The molecule has 1 amide bonds. The fourth-order valence-electron chi connectivity index (χ4n) is 2.72. The number of benzene rings is 2. The van der Waals surface area contributed by atoms with Gasteiger partial charge >= 0.3 is 0 Å². The van der Waals surface area contributed by atoms with Crippen LogP contribution in [-0.2, 0) is 0 Å². The van der Waals surface area contributed by atoms with Gasteiger partial charge in [-0.25, -0.2) is 0 Å². The summed E-state index contributed by atoms with van der Waals surface area (Å²) in [5.41, 5.74) is 8.08. The Morgan fingerprint density at radius 3 is 2.56 bits per heavy atom. The molecule has 3 rings (SSSR count). The molecule has 0 aliphatic rings. The van der Waals surface area contributed by atoms with Crippen LogP contribution in [0.15, 0.2) is 54.6 Å². The quantitative estimate of drug-likeness (QED) is 0.671. The molecule has 0 fully saturated rings. The number of ether oxygens (including phenoxy) is 1.